The summed E-state index contributed by atoms with van der Waals surface area (Å²) in [5.41, 5.74) is 0. The van der Waals surface area contributed by atoms with Gasteiger partial charge in [-0.3, -0.25) is 4.99 Å². The Bertz CT molecular complexity index is 497. The largest absolute Gasteiger partial charge is 0.377 e. The summed E-state index contributed by atoms with van der Waals surface area (Å²) in [5, 5.41) is 6.40. The van der Waals surface area contributed by atoms with Gasteiger partial charge in [0.2, 0.25) is 10.0 Å². The second-order valence-corrected chi connectivity index (χ2v) is 8.98. The molecule has 1 aliphatic rings. The van der Waals surface area contributed by atoms with Crippen LogP contribution in [-0.4, -0.2) is 59.0 Å². The number of nitrogens with one attached hydrogen (secondary N) is 3. The van der Waals surface area contributed by atoms with E-state index in [0.29, 0.717) is 25.1 Å². The first kappa shape index (κ1) is 26.9. The molecule has 0 radical (unpaired) electrons. The summed E-state index contributed by atoms with van der Waals surface area (Å²) < 4.78 is 32.4. The van der Waals surface area contributed by atoms with Crippen molar-refractivity contribution in [3.63, 3.8) is 0 Å². The molecule has 2 atom stereocenters. The smallest absolute Gasteiger partial charge is 0.213 e. The topological polar surface area (TPSA) is 91.8 Å². The molecule has 0 aliphatic carbocycles. The van der Waals surface area contributed by atoms with Gasteiger partial charge in [-0.15, -0.1) is 24.0 Å². The van der Waals surface area contributed by atoms with Crippen LogP contribution in [0.2, 0.25) is 0 Å². The van der Waals surface area contributed by atoms with Crippen LogP contribution in [0.4, 0.5) is 0 Å². The third-order valence-electron chi connectivity index (χ3n) is 4.57. The molecule has 0 amide bonds. The van der Waals surface area contributed by atoms with Gasteiger partial charge in [0.25, 0.3) is 0 Å². The van der Waals surface area contributed by atoms with E-state index in [1.165, 1.54) is 25.7 Å². The molecule has 0 bridgehead atoms. The maximum Gasteiger partial charge on any atom is 0.213 e. The highest BCUT2D eigenvalue weighted by atomic mass is 127. The first-order chi connectivity index (χ1) is 12.5. The summed E-state index contributed by atoms with van der Waals surface area (Å²) in [6.07, 6.45) is 9.15. The number of hydrogen-bond acceptors (Lipinski definition) is 4. The number of rotatable bonds is 12. The van der Waals surface area contributed by atoms with Gasteiger partial charge in [0.05, 0.1) is 11.9 Å². The summed E-state index contributed by atoms with van der Waals surface area (Å²) in [6.45, 7) is 5.75. The van der Waals surface area contributed by atoms with Crippen molar-refractivity contribution in [3.05, 3.63) is 0 Å². The molecular weight excluding hydrogens is 479 g/mol. The average molecular weight is 519 g/mol. The van der Waals surface area contributed by atoms with Crippen LogP contribution in [0, 0.1) is 0 Å². The van der Waals surface area contributed by atoms with E-state index in [4.69, 9.17) is 4.74 Å². The Balaban J connectivity index is 0.00000676. The van der Waals surface area contributed by atoms with Crippen LogP contribution < -0.4 is 15.4 Å². The SMILES string of the molecule is CCCCCCC(C)NC(=NC)NCCS(=O)(=O)NCC1CCCCO1.I. The lowest BCUT2D eigenvalue weighted by Gasteiger charge is -2.22. The molecule has 3 N–H and O–H groups in total. The molecule has 9 heteroatoms. The second-order valence-electron chi connectivity index (χ2n) is 7.05. The Kier molecular flexibility index (Phi) is 15.7. The molecule has 0 saturated carbocycles. The number of aliphatic imine (C=N–C) groups is 1. The van der Waals surface area contributed by atoms with Crippen LogP contribution in [0.15, 0.2) is 4.99 Å². The standard InChI is InChI=1S/C18H38N4O3S.HI/c1-4-5-6-7-10-16(2)22-18(19-3)20-12-14-26(23,24)21-15-17-11-8-9-13-25-17;/h16-17,21H,4-15H2,1-3H3,(H2,19,20,22);1H. The van der Waals surface area contributed by atoms with Crippen LogP contribution in [0.1, 0.15) is 65.2 Å². The molecule has 0 aromatic heterocycles. The van der Waals surface area contributed by atoms with E-state index in [1.807, 2.05) is 0 Å². The van der Waals surface area contributed by atoms with Crippen molar-refractivity contribution in [2.75, 3.05) is 32.5 Å². The van der Waals surface area contributed by atoms with Gasteiger partial charge in [-0.05, 0) is 32.6 Å². The van der Waals surface area contributed by atoms with Crippen LogP contribution in [0.25, 0.3) is 0 Å². The minimum absolute atomic E-state index is 0. The van der Waals surface area contributed by atoms with E-state index in [9.17, 15) is 8.42 Å². The Labute approximate surface area is 183 Å². The van der Waals surface area contributed by atoms with Crippen LogP contribution >= 0.6 is 24.0 Å². The number of halogens is 1. The fourth-order valence-corrected chi connectivity index (χ4v) is 3.90. The molecule has 0 aromatic carbocycles. The monoisotopic (exact) mass is 518 g/mol. The number of unbranched alkanes of at least 4 members (excludes halogenated alkanes) is 3. The van der Waals surface area contributed by atoms with E-state index in [1.54, 1.807) is 7.05 Å². The average Bonchev–Trinajstić information content (AvgIpc) is 2.63. The van der Waals surface area contributed by atoms with Gasteiger partial charge >= 0.3 is 0 Å². The molecule has 1 rings (SSSR count). The summed E-state index contributed by atoms with van der Waals surface area (Å²) in [5.74, 6) is 0.671. The zero-order chi connectivity index (χ0) is 19.3. The third kappa shape index (κ3) is 13.6. The maximum absolute atomic E-state index is 12.1. The molecule has 1 aliphatic heterocycles. The normalized spacial score (nSPS) is 19.2. The molecule has 1 saturated heterocycles. The third-order valence-corrected chi connectivity index (χ3v) is 5.91. The molecule has 0 spiro atoms. The highest BCUT2D eigenvalue weighted by molar-refractivity contribution is 14.0. The molecule has 162 valence electrons. The van der Waals surface area contributed by atoms with Crippen LogP contribution in [-0.2, 0) is 14.8 Å². The van der Waals surface area contributed by atoms with Gasteiger partial charge in [0.1, 0.15) is 0 Å². The number of sulfonamides is 1. The zero-order valence-corrected chi connectivity index (χ0v) is 20.3. The Morgan fingerprint density at radius 2 is 2.04 bits per heavy atom. The quantitative estimate of drug-likeness (QED) is 0.160. The fourth-order valence-electron chi connectivity index (χ4n) is 2.94. The zero-order valence-electron chi connectivity index (χ0n) is 17.1. The second kappa shape index (κ2) is 15.8. The van der Waals surface area contributed by atoms with Gasteiger partial charge in [-0.2, -0.15) is 0 Å². The minimum Gasteiger partial charge on any atom is -0.377 e. The Hall–Kier alpha value is -0.130. The lowest BCUT2D eigenvalue weighted by atomic mass is 10.1. The van der Waals surface area contributed by atoms with Crippen molar-refractivity contribution in [2.45, 2.75) is 77.4 Å². The molecule has 1 heterocycles. The fraction of sp³-hybridized carbons (Fsp3) is 0.944. The van der Waals surface area contributed by atoms with E-state index in [2.05, 4.69) is 34.2 Å². The molecule has 2 unspecified atom stereocenters. The predicted molar refractivity (Wildman–Crippen MR) is 124 cm³/mol. The molecule has 0 aromatic rings. The van der Waals surface area contributed by atoms with Gasteiger partial charge in [0, 0.05) is 32.8 Å². The minimum atomic E-state index is -3.31. The van der Waals surface area contributed by atoms with Crippen LogP contribution in [0.5, 0.6) is 0 Å². The number of guanidine groups is 1. The summed E-state index contributed by atoms with van der Waals surface area (Å²) >= 11 is 0. The Morgan fingerprint density at radius 1 is 1.26 bits per heavy atom. The van der Waals surface area contributed by atoms with Crippen molar-refractivity contribution in [1.29, 1.82) is 0 Å². The highest BCUT2D eigenvalue weighted by Crippen LogP contribution is 2.11. The Morgan fingerprint density at radius 3 is 2.67 bits per heavy atom. The van der Waals surface area contributed by atoms with Gasteiger partial charge in [-0.1, -0.05) is 32.6 Å². The van der Waals surface area contributed by atoms with Gasteiger partial charge in [-0.25, -0.2) is 13.1 Å². The maximum atomic E-state index is 12.1. The number of nitrogens with zero attached hydrogens (tertiary/aromatic N) is 1. The molecule has 7 nitrogen and oxygen atoms in total. The number of hydrogen-bond donors (Lipinski definition) is 3. The van der Waals surface area contributed by atoms with Crippen molar-refractivity contribution in [2.24, 2.45) is 4.99 Å². The summed E-state index contributed by atoms with van der Waals surface area (Å²) in [6, 6.07) is 0.316. The summed E-state index contributed by atoms with van der Waals surface area (Å²) in [7, 11) is -1.61. The molecule has 27 heavy (non-hydrogen) atoms. The first-order valence-electron chi connectivity index (χ1n) is 10.0. The summed E-state index contributed by atoms with van der Waals surface area (Å²) in [4.78, 5) is 4.17. The van der Waals surface area contributed by atoms with Crippen molar-refractivity contribution in [1.82, 2.24) is 15.4 Å². The number of ether oxygens (including phenoxy) is 1. The van der Waals surface area contributed by atoms with Crippen molar-refractivity contribution in [3.8, 4) is 0 Å². The van der Waals surface area contributed by atoms with E-state index >= 15 is 0 Å². The van der Waals surface area contributed by atoms with Crippen molar-refractivity contribution < 1.29 is 13.2 Å². The highest BCUT2D eigenvalue weighted by Gasteiger charge is 2.17. The lowest BCUT2D eigenvalue weighted by molar-refractivity contribution is 0.0200. The molecular formula is C18H39IN4O3S. The van der Waals surface area contributed by atoms with Gasteiger partial charge < -0.3 is 15.4 Å². The predicted octanol–water partition coefficient (Wildman–Crippen LogP) is 2.62. The molecule has 1 fully saturated rings. The van der Waals surface area contributed by atoms with Crippen LogP contribution in [0.3, 0.4) is 0 Å². The van der Waals surface area contributed by atoms with E-state index in [-0.39, 0.29) is 35.8 Å². The van der Waals surface area contributed by atoms with E-state index < -0.39 is 10.0 Å². The van der Waals surface area contributed by atoms with Crippen molar-refractivity contribution >= 4 is 40.0 Å². The van der Waals surface area contributed by atoms with E-state index in [0.717, 1.165) is 32.3 Å². The van der Waals surface area contributed by atoms with Gasteiger partial charge in [0.15, 0.2) is 5.96 Å². The first-order valence-corrected chi connectivity index (χ1v) is 11.7. The lowest BCUT2D eigenvalue weighted by Crippen LogP contribution is -2.45.